The molecule has 1 aromatic heterocycles. The van der Waals surface area contributed by atoms with Crippen LogP contribution < -0.4 is 10.6 Å². The average Bonchev–Trinajstić information content (AvgIpc) is 3.43. The molecule has 33 heavy (non-hydrogen) atoms. The quantitative estimate of drug-likeness (QED) is 0.565. The van der Waals surface area contributed by atoms with Gasteiger partial charge < -0.3 is 10.6 Å². The predicted molar refractivity (Wildman–Crippen MR) is 127 cm³/mol. The number of rotatable bonds is 5. The summed E-state index contributed by atoms with van der Waals surface area (Å²) in [4.78, 5) is 41.4. The summed E-state index contributed by atoms with van der Waals surface area (Å²) in [5, 5.41) is 7.90. The van der Waals surface area contributed by atoms with Crippen molar-refractivity contribution in [3.63, 3.8) is 0 Å². The molecule has 2 aliphatic rings. The molecule has 168 valence electrons. The molecule has 2 aromatic carbocycles. The summed E-state index contributed by atoms with van der Waals surface area (Å²) < 4.78 is 0. The Morgan fingerprint density at radius 1 is 1.12 bits per heavy atom. The lowest BCUT2D eigenvalue weighted by molar-refractivity contribution is -0.135. The van der Waals surface area contributed by atoms with E-state index in [-0.39, 0.29) is 24.4 Å². The van der Waals surface area contributed by atoms with Gasteiger partial charge in [-0.15, -0.1) is 11.3 Å². The molecule has 0 radical (unpaired) electrons. The second-order valence-electron chi connectivity index (χ2n) is 8.66. The van der Waals surface area contributed by atoms with Gasteiger partial charge in [-0.25, -0.2) is 4.79 Å². The van der Waals surface area contributed by atoms with Gasteiger partial charge in [0.2, 0.25) is 5.91 Å². The van der Waals surface area contributed by atoms with Gasteiger partial charge in [0.15, 0.2) is 0 Å². The van der Waals surface area contributed by atoms with E-state index in [0.717, 1.165) is 44.9 Å². The minimum atomic E-state index is -1.07. The molecule has 5 rings (SSSR count). The molecule has 6 nitrogen and oxygen atoms in total. The van der Waals surface area contributed by atoms with Crippen LogP contribution >= 0.6 is 11.3 Å². The van der Waals surface area contributed by atoms with Crippen LogP contribution in [-0.2, 0) is 21.5 Å². The minimum Gasteiger partial charge on any atom is -0.343 e. The lowest BCUT2D eigenvalue weighted by Gasteiger charge is -2.33. The van der Waals surface area contributed by atoms with Crippen LogP contribution in [0.15, 0.2) is 66.0 Å². The largest absolute Gasteiger partial charge is 0.343 e. The molecule has 4 amide bonds. The summed E-state index contributed by atoms with van der Waals surface area (Å²) in [5.74, 6) is -0.726. The standard InChI is InChI=1S/C26H25N3O3S/c1-17-10-12-19(13-11-17)23(21-9-5-15-33-21)27-22(30)16-29-24(31)26(28-25(29)32)14-4-7-18-6-2-3-8-20(18)26/h2-3,5-6,8-13,15,23H,4,7,14,16H2,1H3,(H,27,30)(H,28,32)/t23-,26+/m0/s1. The molecule has 1 spiro atoms. The van der Waals surface area contributed by atoms with Crippen molar-refractivity contribution in [3.8, 4) is 0 Å². The van der Waals surface area contributed by atoms with Crippen LogP contribution in [0.4, 0.5) is 4.79 Å². The number of hydrogen-bond donors (Lipinski definition) is 2. The first kappa shape index (κ1) is 21.4. The Morgan fingerprint density at radius 2 is 1.91 bits per heavy atom. The second kappa shape index (κ2) is 8.48. The van der Waals surface area contributed by atoms with E-state index in [2.05, 4.69) is 10.6 Å². The molecule has 3 aromatic rings. The van der Waals surface area contributed by atoms with Crippen molar-refractivity contribution < 1.29 is 14.4 Å². The monoisotopic (exact) mass is 459 g/mol. The zero-order chi connectivity index (χ0) is 23.0. The molecule has 1 aliphatic heterocycles. The summed E-state index contributed by atoms with van der Waals surface area (Å²) in [6.45, 7) is 1.70. The molecule has 1 aliphatic carbocycles. The van der Waals surface area contributed by atoms with E-state index in [1.807, 2.05) is 73.0 Å². The molecule has 0 bridgehead atoms. The highest BCUT2D eigenvalue weighted by Crippen LogP contribution is 2.39. The third kappa shape index (κ3) is 3.82. The van der Waals surface area contributed by atoms with Gasteiger partial charge in [0.05, 0.1) is 6.04 Å². The molecule has 1 fully saturated rings. The van der Waals surface area contributed by atoms with E-state index in [1.165, 1.54) is 0 Å². The van der Waals surface area contributed by atoms with Gasteiger partial charge in [-0.1, -0.05) is 60.2 Å². The molecule has 7 heteroatoms. The van der Waals surface area contributed by atoms with Gasteiger partial charge in [-0.2, -0.15) is 0 Å². The first-order valence-corrected chi connectivity index (χ1v) is 12.0. The van der Waals surface area contributed by atoms with E-state index in [0.29, 0.717) is 6.42 Å². The third-order valence-corrected chi connectivity index (χ3v) is 7.43. The fourth-order valence-corrected chi connectivity index (χ4v) is 5.64. The Balaban J connectivity index is 1.37. The molecule has 1 saturated heterocycles. The molecular formula is C26H25N3O3S. The van der Waals surface area contributed by atoms with Crippen molar-refractivity contribution >= 4 is 29.2 Å². The Bertz CT molecular complexity index is 1210. The number of carbonyl (C=O) groups is 3. The van der Waals surface area contributed by atoms with E-state index in [4.69, 9.17) is 0 Å². The van der Waals surface area contributed by atoms with Gasteiger partial charge in [0.1, 0.15) is 12.1 Å². The van der Waals surface area contributed by atoms with Crippen molar-refractivity contribution in [1.29, 1.82) is 0 Å². The number of hydrogen-bond acceptors (Lipinski definition) is 4. The summed E-state index contributed by atoms with van der Waals surface area (Å²) in [6.07, 6.45) is 2.21. The number of fused-ring (bicyclic) bond motifs is 2. The minimum absolute atomic E-state index is 0.317. The maximum atomic E-state index is 13.5. The number of urea groups is 1. The first-order chi connectivity index (χ1) is 16.0. The van der Waals surface area contributed by atoms with Crippen LogP contribution in [0.1, 0.15) is 46.0 Å². The zero-order valence-corrected chi connectivity index (χ0v) is 19.2. The van der Waals surface area contributed by atoms with E-state index >= 15 is 0 Å². The third-order valence-electron chi connectivity index (χ3n) is 6.50. The lowest BCUT2D eigenvalue weighted by atomic mass is 9.76. The number of imide groups is 1. The Kier molecular flexibility index (Phi) is 5.50. The van der Waals surface area contributed by atoms with Gasteiger partial charge in [0, 0.05) is 4.88 Å². The molecule has 0 unspecified atom stereocenters. The number of thiophene rings is 1. The normalized spacial score (nSPS) is 20.5. The zero-order valence-electron chi connectivity index (χ0n) is 18.3. The van der Waals surface area contributed by atoms with Crippen LogP contribution in [0.25, 0.3) is 0 Å². The highest BCUT2D eigenvalue weighted by Gasteiger charge is 2.54. The van der Waals surface area contributed by atoms with Crippen molar-refractivity contribution in [2.45, 2.75) is 37.8 Å². The van der Waals surface area contributed by atoms with E-state index in [1.54, 1.807) is 11.3 Å². The van der Waals surface area contributed by atoms with Crippen molar-refractivity contribution in [2.24, 2.45) is 0 Å². The van der Waals surface area contributed by atoms with Crippen LogP contribution in [0, 0.1) is 6.92 Å². The van der Waals surface area contributed by atoms with Gasteiger partial charge >= 0.3 is 6.03 Å². The number of nitrogens with one attached hydrogen (secondary N) is 2. The lowest BCUT2D eigenvalue weighted by Crippen LogP contribution is -2.47. The van der Waals surface area contributed by atoms with Crippen LogP contribution in [-0.4, -0.2) is 29.3 Å². The fraction of sp³-hybridized carbons (Fsp3) is 0.269. The van der Waals surface area contributed by atoms with Gasteiger partial charge in [0.25, 0.3) is 5.91 Å². The number of benzene rings is 2. The van der Waals surface area contributed by atoms with Crippen LogP contribution in [0.5, 0.6) is 0 Å². The molecule has 2 atom stereocenters. The Hall–Kier alpha value is -3.45. The second-order valence-corrected chi connectivity index (χ2v) is 9.64. The maximum absolute atomic E-state index is 13.5. The topological polar surface area (TPSA) is 78.5 Å². The number of carbonyl (C=O) groups excluding carboxylic acids is 3. The van der Waals surface area contributed by atoms with Crippen LogP contribution in [0.3, 0.4) is 0 Å². The predicted octanol–water partition coefficient (Wildman–Crippen LogP) is 4.05. The summed E-state index contributed by atoms with van der Waals surface area (Å²) in [6, 6.07) is 18.8. The molecular weight excluding hydrogens is 434 g/mol. The van der Waals surface area contributed by atoms with Crippen LogP contribution in [0.2, 0.25) is 0 Å². The Labute approximate surface area is 196 Å². The molecule has 2 N–H and O–H groups in total. The molecule has 2 heterocycles. The fourth-order valence-electron chi connectivity index (χ4n) is 4.84. The smallest absolute Gasteiger partial charge is 0.325 e. The Morgan fingerprint density at radius 3 is 2.67 bits per heavy atom. The number of nitrogens with zero attached hydrogens (tertiary/aromatic N) is 1. The van der Waals surface area contributed by atoms with Gasteiger partial charge in [-0.05, 0) is 54.3 Å². The molecule has 0 saturated carbocycles. The van der Waals surface area contributed by atoms with Crippen molar-refractivity contribution in [2.75, 3.05) is 6.54 Å². The van der Waals surface area contributed by atoms with Crippen molar-refractivity contribution in [1.82, 2.24) is 15.5 Å². The maximum Gasteiger partial charge on any atom is 0.325 e. The summed E-state index contributed by atoms with van der Waals surface area (Å²) in [7, 11) is 0. The van der Waals surface area contributed by atoms with E-state index in [9.17, 15) is 14.4 Å². The number of aryl methyl sites for hydroxylation is 2. The van der Waals surface area contributed by atoms with Gasteiger partial charge in [-0.3, -0.25) is 14.5 Å². The summed E-state index contributed by atoms with van der Waals surface area (Å²) >= 11 is 1.55. The first-order valence-electron chi connectivity index (χ1n) is 11.1. The highest BCUT2D eigenvalue weighted by molar-refractivity contribution is 7.10. The van der Waals surface area contributed by atoms with E-state index < -0.39 is 11.6 Å². The summed E-state index contributed by atoms with van der Waals surface area (Å²) in [5.41, 5.74) is 2.92. The highest BCUT2D eigenvalue weighted by atomic mass is 32.1. The number of amides is 4. The van der Waals surface area contributed by atoms with Crippen molar-refractivity contribution in [3.05, 3.63) is 93.2 Å². The average molecular weight is 460 g/mol. The SMILES string of the molecule is Cc1ccc([C@H](NC(=O)CN2C(=O)N[C@@]3(CCCc4ccccc43)C2=O)c2cccs2)cc1.